The number of anilines is 1. The first-order valence-corrected chi connectivity index (χ1v) is 7.46. The van der Waals surface area contributed by atoms with Crippen LogP contribution in [0.25, 0.3) is 5.69 Å². The quantitative estimate of drug-likeness (QED) is 0.441. The lowest BCUT2D eigenvalue weighted by atomic mass is 10.3. The molecule has 0 aliphatic heterocycles. The molecule has 0 radical (unpaired) electrons. The number of hydrogen-bond donors (Lipinski definition) is 1. The molecule has 0 fully saturated rings. The van der Waals surface area contributed by atoms with Gasteiger partial charge in [-0.15, -0.1) is 0 Å². The summed E-state index contributed by atoms with van der Waals surface area (Å²) in [5, 5.41) is 11.0. The normalized spacial score (nSPS) is 10.7. The third-order valence-corrected chi connectivity index (χ3v) is 3.29. The number of hydrogen-bond acceptors (Lipinski definition) is 4. The van der Waals surface area contributed by atoms with Gasteiger partial charge in [0.1, 0.15) is 5.69 Å². The molecule has 2 aromatic carbocycles. The number of carbonyl (C=O) groups excluding carboxylic acids is 1. The van der Waals surface area contributed by atoms with Crippen LogP contribution in [-0.2, 0) is 4.84 Å². The van der Waals surface area contributed by atoms with E-state index in [1.807, 2.05) is 30.3 Å². The van der Waals surface area contributed by atoms with Crippen molar-refractivity contribution in [2.24, 2.45) is 5.16 Å². The SMILES string of the molecule is O=C(Nc1ccc(Cl)cc1)ON=Cc1ccn(-c2ccccc2)n1. The van der Waals surface area contributed by atoms with E-state index in [0.717, 1.165) is 5.69 Å². The van der Waals surface area contributed by atoms with Crippen LogP contribution in [0.2, 0.25) is 5.02 Å². The molecule has 1 heterocycles. The Kier molecular flexibility index (Phi) is 4.88. The lowest BCUT2D eigenvalue weighted by Gasteiger charge is -2.01. The summed E-state index contributed by atoms with van der Waals surface area (Å²) in [7, 11) is 0. The Bertz CT molecular complexity index is 845. The summed E-state index contributed by atoms with van der Waals surface area (Å²) < 4.78 is 1.70. The van der Waals surface area contributed by atoms with E-state index in [9.17, 15) is 4.79 Å². The van der Waals surface area contributed by atoms with Crippen LogP contribution in [0, 0.1) is 0 Å². The molecule has 3 rings (SSSR count). The highest BCUT2D eigenvalue weighted by Crippen LogP contribution is 2.13. The highest BCUT2D eigenvalue weighted by Gasteiger charge is 2.03. The topological polar surface area (TPSA) is 68.5 Å². The van der Waals surface area contributed by atoms with E-state index < -0.39 is 6.09 Å². The number of nitrogens with zero attached hydrogens (tertiary/aromatic N) is 3. The minimum atomic E-state index is -0.698. The van der Waals surface area contributed by atoms with Crippen LogP contribution < -0.4 is 5.32 Å². The van der Waals surface area contributed by atoms with Gasteiger partial charge in [0.25, 0.3) is 0 Å². The maximum atomic E-state index is 11.6. The van der Waals surface area contributed by atoms with Crippen molar-refractivity contribution in [1.29, 1.82) is 0 Å². The predicted molar refractivity (Wildman–Crippen MR) is 92.7 cm³/mol. The van der Waals surface area contributed by atoms with Crippen molar-refractivity contribution < 1.29 is 9.63 Å². The van der Waals surface area contributed by atoms with E-state index in [1.165, 1.54) is 6.21 Å². The van der Waals surface area contributed by atoms with Crippen LogP contribution in [-0.4, -0.2) is 22.1 Å². The molecule has 6 nitrogen and oxygen atoms in total. The van der Waals surface area contributed by atoms with Crippen LogP contribution in [0.4, 0.5) is 10.5 Å². The largest absolute Gasteiger partial charge is 0.437 e. The number of aromatic nitrogens is 2. The average Bonchev–Trinajstić information content (AvgIpc) is 3.07. The van der Waals surface area contributed by atoms with Gasteiger partial charge < -0.3 is 0 Å². The van der Waals surface area contributed by atoms with Gasteiger partial charge in [-0.3, -0.25) is 10.2 Å². The van der Waals surface area contributed by atoms with Crippen LogP contribution >= 0.6 is 11.6 Å². The van der Waals surface area contributed by atoms with E-state index in [-0.39, 0.29) is 0 Å². The zero-order valence-corrected chi connectivity index (χ0v) is 13.2. The fourth-order valence-corrected chi connectivity index (χ4v) is 2.06. The van der Waals surface area contributed by atoms with Gasteiger partial charge in [-0.25, -0.2) is 9.48 Å². The molecule has 24 heavy (non-hydrogen) atoms. The summed E-state index contributed by atoms with van der Waals surface area (Å²) in [6.07, 6.45) is 2.46. The Hall–Kier alpha value is -3.12. The minimum absolute atomic E-state index is 0.563. The second kappa shape index (κ2) is 7.43. The standard InChI is InChI=1S/C17H13ClN4O2/c18-13-6-8-14(9-7-13)20-17(23)24-19-12-15-10-11-22(21-15)16-4-2-1-3-5-16/h1-12H,(H,20,23). The van der Waals surface area contributed by atoms with Crippen molar-refractivity contribution in [2.75, 3.05) is 5.32 Å². The van der Waals surface area contributed by atoms with Gasteiger partial charge in [0.2, 0.25) is 0 Å². The van der Waals surface area contributed by atoms with E-state index in [0.29, 0.717) is 16.4 Å². The zero-order valence-electron chi connectivity index (χ0n) is 12.5. The molecular weight excluding hydrogens is 328 g/mol. The van der Waals surface area contributed by atoms with Crippen molar-refractivity contribution in [2.45, 2.75) is 0 Å². The number of carbonyl (C=O) groups is 1. The number of benzene rings is 2. The van der Waals surface area contributed by atoms with Crippen LogP contribution in [0.15, 0.2) is 72.0 Å². The maximum Gasteiger partial charge on any atom is 0.437 e. The molecule has 120 valence electrons. The molecule has 0 saturated heterocycles. The summed E-state index contributed by atoms with van der Waals surface area (Å²) in [5.74, 6) is 0. The summed E-state index contributed by atoms with van der Waals surface area (Å²) in [5.41, 5.74) is 2.06. The molecule has 1 N–H and O–H groups in total. The molecule has 1 aromatic heterocycles. The molecule has 7 heteroatoms. The molecule has 0 bridgehead atoms. The molecule has 0 aliphatic carbocycles. The van der Waals surface area contributed by atoms with Gasteiger partial charge in [-0.2, -0.15) is 5.10 Å². The molecule has 3 aromatic rings. The number of oxime groups is 1. The van der Waals surface area contributed by atoms with Crippen LogP contribution in [0.1, 0.15) is 5.69 Å². The van der Waals surface area contributed by atoms with E-state index >= 15 is 0 Å². The summed E-state index contributed by atoms with van der Waals surface area (Å²) in [6.45, 7) is 0. The van der Waals surface area contributed by atoms with Crippen molar-refractivity contribution in [3.63, 3.8) is 0 Å². The summed E-state index contributed by atoms with van der Waals surface area (Å²) in [4.78, 5) is 16.3. The second-order valence-electron chi connectivity index (χ2n) is 4.77. The maximum absolute atomic E-state index is 11.6. The molecule has 0 unspecified atom stereocenters. The number of nitrogens with one attached hydrogen (secondary N) is 1. The second-order valence-corrected chi connectivity index (χ2v) is 5.20. The van der Waals surface area contributed by atoms with Gasteiger partial charge in [0.15, 0.2) is 0 Å². The van der Waals surface area contributed by atoms with Gasteiger partial charge in [0.05, 0.1) is 11.9 Å². The lowest BCUT2D eigenvalue weighted by molar-refractivity contribution is 0.167. The Morgan fingerprint density at radius 1 is 1.12 bits per heavy atom. The Labute approximate surface area is 143 Å². The first-order valence-electron chi connectivity index (χ1n) is 7.09. The fraction of sp³-hybridized carbons (Fsp3) is 0. The van der Waals surface area contributed by atoms with Gasteiger partial charge in [-0.05, 0) is 42.5 Å². The van der Waals surface area contributed by atoms with Crippen LogP contribution in [0.3, 0.4) is 0 Å². The molecular formula is C17H13ClN4O2. The van der Waals surface area contributed by atoms with Gasteiger partial charge in [0, 0.05) is 16.9 Å². The molecule has 0 spiro atoms. The zero-order chi connectivity index (χ0) is 16.8. The third kappa shape index (κ3) is 4.21. The first kappa shape index (κ1) is 15.8. The van der Waals surface area contributed by atoms with Crippen molar-refractivity contribution in [3.05, 3.63) is 77.6 Å². The summed E-state index contributed by atoms with van der Waals surface area (Å²) in [6, 6.07) is 18.1. The smallest absolute Gasteiger partial charge is 0.298 e. The molecule has 0 atom stereocenters. The highest BCUT2D eigenvalue weighted by atomic mass is 35.5. The Morgan fingerprint density at radius 2 is 1.88 bits per heavy atom. The van der Waals surface area contributed by atoms with Gasteiger partial charge >= 0.3 is 6.09 Å². The number of rotatable bonds is 4. The molecule has 0 aliphatic rings. The van der Waals surface area contributed by atoms with Gasteiger partial charge in [-0.1, -0.05) is 35.0 Å². The molecule has 0 saturated carbocycles. The minimum Gasteiger partial charge on any atom is -0.298 e. The first-order chi connectivity index (χ1) is 11.7. The fourth-order valence-electron chi connectivity index (χ4n) is 1.93. The average molecular weight is 341 g/mol. The highest BCUT2D eigenvalue weighted by molar-refractivity contribution is 6.30. The van der Waals surface area contributed by atoms with E-state index in [2.05, 4.69) is 15.6 Å². The predicted octanol–water partition coefficient (Wildman–Crippen LogP) is 4.11. The van der Waals surface area contributed by atoms with E-state index in [1.54, 1.807) is 41.2 Å². The monoisotopic (exact) mass is 340 g/mol. The Morgan fingerprint density at radius 3 is 2.62 bits per heavy atom. The molecule has 1 amide bonds. The van der Waals surface area contributed by atoms with Crippen molar-refractivity contribution >= 4 is 29.6 Å². The van der Waals surface area contributed by atoms with Crippen LogP contribution in [0.5, 0.6) is 0 Å². The number of para-hydroxylation sites is 1. The van der Waals surface area contributed by atoms with E-state index in [4.69, 9.17) is 16.4 Å². The number of halogens is 1. The number of amides is 1. The third-order valence-electron chi connectivity index (χ3n) is 3.04. The summed E-state index contributed by atoms with van der Waals surface area (Å²) >= 11 is 5.77. The van der Waals surface area contributed by atoms with Crippen molar-refractivity contribution in [1.82, 2.24) is 9.78 Å². The Balaban J connectivity index is 1.55. The van der Waals surface area contributed by atoms with Crippen molar-refractivity contribution in [3.8, 4) is 5.69 Å². The lowest BCUT2D eigenvalue weighted by Crippen LogP contribution is -2.10.